The van der Waals surface area contributed by atoms with Gasteiger partial charge in [0.2, 0.25) is 11.8 Å². The van der Waals surface area contributed by atoms with Crippen LogP contribution in [0, 0.1) is 0 Å². The Bertz CT molecular complexity index is 347. The zero-order valence-corrected chi connectivity index (χ0v) is 12.0. The van der Waals surface area contributed by atoms with E-state index in [9.17, 15) is 0 Å². The highest BCUT2D eigenvalue weighted by Gasteiger charge is 2.09. The van der Waals surface area contributed by atoms with E-state index in [2.05, 4.69) is 39.7 Å². The lowest BCUT2D eigenvalue weighted by atomic mass is 10.1. The molecule has 17 heavy (non-hydrogen) atoms. The number of hydrogen-bond donors (Lipinski definition) is 1. The van der Waals surface area contributed by atoms with Crippen LogP contribution in [0.2, 0.25) is 0 Å². The highest BCUT2D eigenvalue weighted by Crippen LogP contribution is 2.23. The number of unbranched alkanes of at least 4 members (excludes halogenated alkanes) is 3. The SMILES string of the molecule is CCCCCCC(C)Oc1nc(N)ncc1Br. The van der Waals surface area contributed by atoms with Crippen molar-refractivity contribution in [3.8, 4) is 5.88 Å². The molecule has 1 rings (SSSR count). The van der Waals surface area contributed by atoms with Gasteiger partial charge in [0.15, 0.2) is 0 Å². The van der Waals surface area contributed by atoms with E-state index >= 15 is 0 Å². The lowest BCUT2D eigenvalue weighted by Gasteiger charge is -2.14. The monoisotopic (exact) mass is 301 g/mol. The molecule has 0 amide bonds. The second-order valence-corrected chi connectivity index (χ2v) is 5.01. The Hall–Kier alpha value is -0.840. The van der Waals surface area contributed by atoms with Crippen LogP contribution in [0.1, 0.15) is 46.0 Å². The van der Waals surface area contributed by atoms with E-state index in [1.165, 1.54) is 25.7 Å². The van der Waals surface area contributed by atoms with E-state index in [0.717, 1.165) is 10.9 Å². The summed E-state index contributed by atoms with van der Waals surface area (Å²) in [5.41, 5.74) is 5.52. The van der Waals surface area contributed by atoms with Crippen molar-refractivity contribution in [1.29, 1.82) is 0 Å². The van der Waals surface area contributed by atoms with Gasteiger partial charge in [0, 0.05) is 0 Å². The van der Waals surface area contributed by atoms with Crippen molar-refractivity contribution in [3.05, 3.63) is 10.7 Å². The summed E-state index contributed by atoms with van der Waals surface area (Å²) in [6.45, 7) is 4.26. The highest BCUT2D eigenvalue weighted by molar-refractivity contribution is 9.10. The first-order chi connectivity index (χ1) is 8.13. The number of nitrogens with zero attached hydrogens (tertiary/aromatic N) is 2. The Morgan fingerprint density at radius 1 is 1.41 bits per heavy atom. The first-order valence-corrected chi connectivity index (χ1v) is 6.87. The standard InChI is InChI=1S/C12H20BrN3O/c1-3-4-5-6-7-9(2)17-11-10(13)8-15-12(14)16-11/h8-9H,3-7H2,1-2H3,(H2,14,15,16). The number of ether oxygens (including phenoxy) is 1. The summed E-state index contributed by atoms with van der Waals surface area (Å²) in [4.78, 5) is 7.93. The topological polar surface area (TPSA) is 61.0 Å². The summed E-state index contributed by atoms with van der Waals surface area (Å²) in [7, 11) is 0. The molecule has 0 aliphatic heterocycles. The molecule has 1 unspecified atom stereocenters. The van der Waals surface area contributed by atoms with Crippen molar-refractivity contribution >= 4 is 21.9 Å². The van der Waals surface area contributed by atoms with Crippen LogP contribution in [0.25, 0.3) is 0 Å². The van der Waals surface area contributed by atoms with Gasteiger partial charge in [0.25, 0.3) is 0 Å². The van der Waals surface area contributed by atoms with Gasteiger partial charge in [-0.2, -0.15) is 4.98 Å². The number of hydrogen-bond acceptors (Lipinski definition) is 4. The fourth-order valence-corrected chi connectivity index (χ4v) is 1.84. The minimum atomic E-state index is 0.150. The van der Waals surface area contributed by atoms with E-state index in [1.54, 1.807) is 6.20 Å². The van der Waals surface area contributed by atoms with E-state index in [-0.39, 0.29) is 12.1 Å². The molecule has 0 bridgehead atoms. The molecular weight excluding hydrogens is 282 g/mol. The van der Waals surface area contributed by atoms with Crippen molar-refractivity contribution in [1.82, 2.24) is 9.97 Å². The lowest BCUT2D eigenvalue weighted by Crippen LogP contribution is -2.13. The number of anilines is 1. The largest absolute Gasteiger partial charge is 0.474 e. The smallest absolute Gasteiger partial charge is 0.233 e. The van der Waals surface area contributed by atoms with Crippen molar-refractivity contribution in [2.45, 2.75) is 52.1 Å². The maximum atomic E-state index is 5.73. The average molecular weight is 302 g/mol. The number of rotatable bonds is 7. The maximum Gasteiger partial charge on any atom is 0.233 e. The average Bonchev–Trinajstić information content (AvgIpc) is 2.29. The van der Waals surface area contributed by atoms with Crippen molar-refractivity contribution < 1.29 is 4.74 Å². The van der Waals surface area contributed by atoms with Crippen molar-refractivity contribution in [2.75, 3.05) is 5.73 Å². The number of nitrogens with two attached hydrogens (primary N) is 1. The first kappa shape index (κ1) is 14.2. The maximum absolute atomic E-state index is 5.73. The molecule has 0 aliphatic carbocycles. The van der Waals surface area contributed by atoms with E-state index in [4.69, 9.17) is 10.5 Å². The molecule has 0 radical (unpaired) electrons. The van der Waals surface area contributed by atoms with Crippen molar-refractivity contribution in [2.24, 2.45) is 0 Å². The molecule has 0 aromatic carbocycles. The van der Waals surface area contributed by atoms with Crippen LogP contribution in [0.4, 0.5) is 5.95 Å². The Kier molecular flexibility index (Phi) is 6.26. The molecule has 4 nitrogen and oxygen atoms in total. The molecule has 0 aliphatic rings. The summed E-state index contributed by atoms with van der Waals surface area (Å²) in [6.07, 6.45) is 7.79. The first-order valence-electron chi connectivity index (χ1n) is 6.08. The van der Waals surface area contributed by atoms with Crippen LogP contribution in [0.5, 0.6) is 5.88 Å². The molecule has 0 spiro atoms. The van der Waals surface area contributed by atoms with Gasteiger partial charge < -0.3 is 10.5 Å². The predicted molar refractivity (Wildman–Crippen MR) is 73.0 cm³/mol. The Balaban J connectivity index is 2.39. The van der Waals surface area contributed by atoms with Gasteiger partial charge in [-0.3, -0.25) is 0 Å². The number of nitrogen functional groups attached to an aromatic ring is 1. The summed E-state index contributed by atoms with van der Waals surface area (Å²) in [6, 6.07) is 0. The Labute approximate surface area is 111 Å². The molecule has 2 N–H and O–H groups in total. The summed E-state index contributed by atoms with van der Waals surface area (Å²) < 4.78 is 6.47. The van der Waals surface area contributed by atoms with Crippen LogP contribution >= 0.6 is 15.9 Å². The minimum absolute atomic E-state index is 0.150. The predicted octanol–water partition coefficient (Wildman–Crippen LogP) is 3.56. The van der Waals surface area contributed by atoms with Gasteiger partial charge >= 0.3 is 0 Å². The van der Waals surface area contributed by atoms with Gasteiger partial charge in [-0.15, -0.1) is 0 Å². The summed E-state index contributed by atoms with van der Waals surface area (Å²) in [5, 5.41) is 0. The van der Waals surface area contributed by atoms with Crippen LogP contribution < -0.4 is 10.5 Å². The Morgan fingerprint density at radius 2 is 2.18 bits per heavy atom. The fourth-order valence-electron chi connectivity index (χ4n) is 1.56. The molecule has 1 aromatic rings. The number of aromatic nitrogens is 2. The van der Waals surface area contributed by atoms with Gasteiger partial charge in [-0.1, -0.05) is 26.2 Å². The van der Waals surface area contributed by atoms with Gasteiger partial charge in [0.05, 0.1) is 16.8 Å². The van der Waals surface area contributed by atoms with Crippen LogP contribution in [0.3, 0.4) is 0 Å². The molecule has 5 heteroatoms. The molecule has 1 heterocycles. The molecule has 0 fully saturated rings. The Morgan fingerprint density at radius 3 is 2.88 bits per heavy atom. The minimum Gasteiger partial charge on any atom is -0.474 e. The summed E-state index contributed by atoms with van der Waals surface area (Å²) in [5.74, 6) is 0.766. The molecular formula is C12H20BrN3O. The lowest BCUT2D eigenvalue weighted by molar-refractivity contribution is 0.197. The second kappa shape index (κ2) is 7.48. The van der Waals surface area contributed by atoms with Gasteiger partial charge in [0.1, 0.15) is 0 Å². The van der Waals surface area contributed by atoms with Gasteiger partial charge in [-0.25, -0.2) is 4.98 Å². The highest BCUT2D eigenvalue weighted by atomic mass is 79.9. The molecule has 0 saturated heterocycles. The summed E-state index contributed by atoms with van der Waals surface area (Å²) >= 11 is 3.35. The number of halogens is 1. The zero-order chi connectivity index (χ0) is 12.7. The van der Waals surface area contributed by atoms with E-state index in [0.29, 0.717) is 5.88 Å². The van der Waals surface area contributed by atoms with E-state index in [1.807, 2.05) is 0 Å². The van der Waals surface area contributed by atoms with Crippen LogP contribution in [-0.2, 0) is 0 Å². The third-order valence-corrected chi connectivity index (χ3v) is 3.05. The van der Waals surface area contributed by atoms with Crippen molar-refractivity contribution in [3.63, 3.8) is 0 Å². The quantitative estimate of drug-likeness (QED) is 0.782. The third-order valence-electron chi connectivity index (χ3n) is 2.51. The second-order valence-electron chi connectivity index (χ2n) is 4.16. The van der Waals surface area contributed by atoms with Crippen LogP contribution in [-0.4, -0.2) is 16.1 Å². The molecule has 0 saturated carbocycles. The molecule has 1 aromatic heterocycles. The van der Waals surface area contributed by atoms with E-state index < -0.39 is 0 Å². The molecule has 96 valence electrons. The molecule has 1 atom stereocenters. The third kappa shape index (κ3) is 5.35. The normalized spacial score (nSPS) is 12.4. The fraction of sp³-hybridized carbons (Fsp3) is 0.667. The van der Waals surface area contributed by atoms with Gasteiger partial charge in [-0.05, 0) is 35.7 Å². The zero-order valence-electron chi connectivity index (χ0n) is 10.4. The van der Waals surface area contributed by atoms with Crippen LogP contribution in [0.15, 0.2) is 10.7 Å².